The average molecular weight is 539 g/mol. The molecule has 0 radical (unpaired) electrons. The van der Waals surface area contributed by atoms with Crippen LogP contribution in [-0.4, -0.2) is 60.4 Å². The van der Waals surface area contributed by atoms with E-state index in [1.807, 2.05) is 36.9 Å². The van der Waals surface area contributed by atoms with Crippen LogP contribution >= 0.6 is 0 Å². The topological polar surface area (TPSA) is 89.7 Å². The van der Waals surface area contributed by atoms with Crippen LogP contribution in [0.3, 0.4) is 0 Å². The lowest BCUT2D eigenvalue weighted by atomic mass is 9.79. The van der Waals surface area contributed by atoms with Crippen molar-refractivity contribution in [2.75, 3.05) is 37.7 Å². The molecular formula is C29H32F2N4O4. The molecule has 10 heteroatoms. The molecule has 1 spiro atoms. The van der Waals surface area contributed by atoms with Crippen molar-refractivity contribution in [1.29, 1.82) is 0 Å². The van der Waals surface area contributed by atoms with Crippen molar-refractivity contribution in [2.24, 2.45) is 5.92 Å². The van der Waals surface area contributed by atoms with E-state index in [1.165, 1.54) is 0 Å². The Morgan fingerprint density at radius 3 is 2.46 bits per heavy atom. The van der Waals surface area contributed by atoms with Crippen molar-refractivity contribution < 1.29 is 27.6 Å². The van der Waals surface area contributed by atoms with Crippen LogP contribution in [0.15, 0.2) is 47.0 Å². The van der Waals surface area contributed by atoms with Crippen LogP contribution in [0.1, 0.15) is 54.4 Å². The van der Waals surface area contributed by atoms with Crippen molar-refractivity contribution in [3.05, 3.63) is 59.4 Å². The van der Waals surface area contributed by atoms with E-state index in [9.17, 15) is 4.79 Å². The number of amides is 1. The summed E-state index contributed by atoms with van der Waals surface area (Å²) >= 11 is 0. The molecule has 8 nitrogen and oxygen atoms in total. The lowest BCUT2D eigenvalue weighted by Crippen LogP contribution is -2.61. The second kappa shape index (κ2) is 9.89. The minimum atomic E-state index is -3.03. The number of benzene rings is 2. The van der Waals surface area contributed by atoms with Gasteiger partial charge < -0.3 is 24.2 Å². The van der Waals surface area contributed by atoms with Gasteiger partial charge in [0.25, 0.3) is 11.8 Å². The number of hydrogen-bond donors (Lipinski definition) is 1. The van der Waals surface area contributed by atoms with Crippen molar-refractivity contribution in [2.45, 2.75) is 50.6 Å². The fraction of sp³-hybridized carbons (Fsp3) is 0.483. The molecule has 1 amide bonds. The number of ether oxygens (including phenoxy) is 2. The average Bonchev–Trinajstić information content (AvgIpc) is 3.39. The highest BCUT2D eigenvalue weighted by atomic mass is 19.3. The van der Waals surface area contributed by atoms with Gasteiger partial charge in [0.2, 0.25) is 0 Å². The molecule has 2 fully saturated rings. The van der Waals surface area contributed by atoms with Crippen molar-refractivity contribution in [3.8, 4) is 16.9 Å². The molecule has 6 rings (SSSR count). The number of nitrogens with zero attached hydrogens (tertiary/aromatic N) is 3. The molecule has 0 saturated carbocycles. The monoisotopic (exact) mass is 538 g/mol. The molecule has 1 N–H and O–H groups in total. The van der Waals surface area contributed by atoms with E-state index in [0.29, 0.717) is 67.5 Å². The summed E-state index contributed by atoms with van der Waals surface area (Å²) in [5.41, 5.74) is 1.11. The van der Waals surface area contributed by atoms with Crippen LogP contribution in [0.5, 0.6) is 5.75 Å². The first-order chi connectivity index (χ1) is 18.7. The Hall–Kier alpha value is -3.53. The number of nitrogens with one attached hydrogen (secondary N) is 1. The molecule has 3 aromatic rings. The van der Waals surface area contributed by atoms with E-state index in [1.54, 1.807) is 24.3 Å². The Labute approximate surface area is 225 Å². The highest BCUT2D eigenvalue weighted by Crippen LogP contribution is 2.49. The third-order valence-electron chi connectivity index (χ3n) is 7.97. The Kier molecular flexibility index (Phi) is 6.53. The summed E-state index contributed by atoms with van der Waals surface area (Å²) in [4.78, 5) is 18.7. The summed E-state index contributed by atoms with van der Waals surface area (Å²) in [6.07, 6.45) is -0.0879. The Bertz CT molecular complexity index is 1350. The van der Waals surface area contributed by atoms with Crippen molar-refractivity contribution >= 4 is 11.9 Å². The molecule has 39 heavy (non-hydrogen) atoms. The standard InChI is InChI=1S/C29H32F2N4O4/c1-18(2)25-33-27(39-34-25)35-11-9-28(10-12-35)29(30,31)14-23-13-22(7-8-24(23)38-28)20-3-5-21(6-4-20)26(36)32-15-19-16-37-17-19/h3-8,13,18-19H,9-12,14-17H2,1-2H3,(H,32,36). The molecule has 4 heterocycles. The zero-order chi connectivity index (χ0) is 27.2. The van der Waals surface area contributed by atoms with Gasteiger partial charge in [-0.15, -0.1) is 0 Å². The quantitative estimate of drug-likeness (QED) is 0.480. The van der Waals surface area contributed by atoms with Gasteiger partial charge in [-0.2, -0.15) is 4.98 Å². The van der Waals surface area contributed by atoms with Gasteiger partial charge >= 0.3 is 6.01 Å². The lowest BCUT2D eigenvalue weighted by Gasteiger charge is -2.48. The highest BCUT2D eigenvalue weighted by Gasteiger charge is 2.59. The van der Waals surface area contributed by atoms with Gasteiger partial charge in [0.05, 0.1) is 13.2 Å². The zero-order valence-electron chi connectivity index (χ0n) is 22.1. The van der Waals surface area contributed by atoms with E-state index in [-0.39, 0.29) is 31.1 Å². The van der Waals surface area contributed by atoms with Crippen molar-refractivity contribution in [3.63, 3.8) is 0 Å². The first-order valence-electron chi connectivity index (χ1n) is 13.5. The van der Waals surface area contributed by atoms with Gasteiger partial charge in [0, 0.05) is 61.9 Å². The number of halogens is 2. The summed E-state index contributed by atoms with van der Waals surface area (Å²) in [6.45, 7) is 6.59. The molecule has 2 saturated heterocycles. The number of anilines is 1. The van der Waals surface area contributed by atoms with E-state index in [4.69, 9.17) is 14.0 Å². The van der Waals surface area contributed by atoms with Gasteiger partial charge in [-0.05, 0) is 35.4 Å². The van der Waals surface area contributed by atoms with Crippen LogP contribution < -0.4 is 15.0 Å². The van der Waals surface area contributed by atoms with Gasteiger partial charge in [0.1, 0.15) is 5.75 Å². The largest absolute Gasteiger partial charge is 0.481 e. The third kappa shape index (κ3) is 4.86. The number of hydrogen-bond acceptors (Lipinski definition) is 7. The number of carbonyl (C=O) groups is 1. The third-order valence-corrected chi connectivity index (χ3v) is 7.97. The van der Waals surface area contributed by atoms with E-state index in [2.05, 4.69) is 15.5 Å². The first-order valence-corrected chi connectivity index (χ1v) is 13.5. The lowest BCUT2D eigenvalue weighted by molar-refractivity contribution is -0.185. The van der Waals surface area contributed by atoms with E-state index in [0.717, 1.165) is 11.1 Å². The summed E-state index contributed by atoms with van der Waals surface area (Å²) in [5, 5.41) is 6.91. The molecule has 206 valence electrons. The molecule has 0 unspecified atom stereocenters. The molecule has 3 aliphatic rings. The fourth-order valence-corrected chi connectivity index (χ4v) is 5.35. The SMILES string of the molecule is CC(C)c1noc(N2CCC3(CC2)Oc2ccc(-c4ccc(C(=O)NCC5COC5)cc4)cc2CC3(F)F)n1. The Balaban J connectivity index is 1.14. The molecule has 2 aromatic carbocycles. The van der Waals surface area contributed by atoms with Crippen molar-refractivity contribution in [1.82, 2.24) is 15.5 Å². The number of aromatic nitrogens is 2. The summed E-state index contributed by atoms with van der Waals surface area (Å²) < 4.78 is 47.9. The maximum absolute atomic E-state index is 15.7. The molecule has 0 aliphatic carbocycles. The fourth-order valence-electron chi connectivity index (χ4n) is 5.35. The maximum Gasteiger partial charge on any atom is 0.324 e. The van der Waals surface area contributed by atoms with Crippen LogP contribution in [0.2, 0.25) is 0 Å². The van der Waals surface area contributed by atoms with Gasteiger partial charge in [-0.3, -0.25) is 4.79 Å². The first kappa shape index (κ1) is 25.7. The summed E-state index contributed by atoms with van der Waals surface area (Å²) in [5.74, 6) is -1.57. The predicted octanol–water partition coefficient (Wildman–Crippen LogP) is 4.85. The number of carbonyl (C=O) groups excluding carboxylic acids is 1. The highest BCUT2D eigenvalue weighted by molar-refractivity contribution is 5.94. The molecule has 0 atom stereocenters. The van der Waals surface area contributed by atoms with Crippen LogP contribution in [0, 0.1) is 5.92 Å². The van der Waals surface area contributed by atoms with Crippen LogP contribution in [-0.2, 0) is 11.2 Å². The predicted molar refractivity (Wildman–Crippen MR) is 140 cm³/mol. The van der Waals surface area contributed by atoms with Crippen LogP contribution in [0.25, 0.3) is 11.1 Å². The minimum absolute atomic E-state index is 0.126. The van der Waals surface area contributed by atoms with E-state index < -0.39 is 11.5 Å². The Morgan fingerprint density at radius 2 is 1.82 bits per heavy atom. The normalized spacial score (nSPS) is 19.9. The second-order valence-electron chi connectivity index (χ2n) is 11.1. The number of rotatable bonds is 6. The minimum Gasteiger partial charge on any atom is -0.481 e. The summed E-state index contributed by atoms with van der Waals surface area (Å²) in [7, 11) is 0. The van der Waals surface area contributed by atoms with E-state index >= 15 is 8.78 Å². The number of alkyl halides is 2. The second-order valence-corrected chi connectivity index (χ2v) is 11.1. The Morgan fingerprint density at radius 1 is 1.10 bits per heavy atom. The maximum atomic E-state index is 15.7. The van der Waals surface area contributed by atoms with Gasteiger partial charge in [0.15, 0.2) is 11.4 Å². The molecule has 3 aliphatic heterocycles. The number of fused-ring (bicyclic) bond motifs is 1. The molecular weight excluding hydrogens is 506 g/mol. The van der Waals surface area contributed by atoms with Gasteiger partial charge in [-0.1, -0.05) is 37.2 Å². The van der Waals surface area contributed by atoms with Crippen LogP contribution in [0.4, 0.5) is 14.8 Å². The number of piperidine rings is 1. The molecule has 0 bridgehead atoms. The smallest absolute Gasteiger partial charge is 0.324 e. The van der Waals surface area contributed by atoms with Gasteiger partial charge in [-0.25, -0.2) is 8.78 Å². The zero-order valence-corrected chi connectivity index (χ0v) is 22.1. The molecule has 1 aromatic heterocycles. The summed E-state index contributed by atoms with van der Waals surface area (Å²) in [6, 6.07) is 13.0.